The SMILES string of the molecule is Cc1ccc(NCC(=O)N/N=C\c2c(C)[nH]c3ccccc23)cc1. The molecular formula is C19H20N4O. The fraction of sp³-hybridized carbons (Fsp3) is 0.158. The van der Waals surface area contributed by atoms with Crippen LogP contribution in [0.2, 0.25) is 0 Å². The van der Waals surface area contributed by atoms with Crippen LogP contribution in [0.25, 0.3) is 10.9 Å². The van der Waals surface area contributed by atoms with Crippen LogP contribution >= 0.6 is 0 Å². The topological polar surface area (TPSA) is 69.3 Å². The van der Waals surface area contributed by atoms with E-state index in [1.54, 1.807) is 6.21 Å². The number of anilines is 1. The second kappa shape index (κ2) is 7.00. The zero-order chi connectivity index (χ0) is 16.9. The molecule has 0 aliphatic heterocycles. The molecule has 0 saturated heterocycles. The maximum atomic E-state index is 11.9. The van der Waals surface area contributed by atoms with Crippen LogP contribution in [0.1, 0.15) is 16.8 Å². The van der Waals surface area contributed by atoms with Gasteiger partial charge in [-0.05, 0) is 32.0 Å². The molecule has 0 saturated carbocycles. The smallest absolute Gasteiger partial charge is 0.259 e. The number of para-hydroxylation sites is 1. The van der Waals surface area contributed by atoms with Crippen LogP contribution in [0.5, 0.6) is 0 Å². The minimum Gasteiger partial charge on any atom is -0.376 e. The lowest BCUT2D eigenvalue weighted by Gasteiger charge is -2.05. The molecule has 122 valence electrons. The number of amides is 1. The fourth-order valence-electron chi connectivity index (χ4n) is 2.53. The Labute approximate surface area is 140 Å². The van der Waals surface area contributed by atoms with E-state index in [0.29, 0.717) is 0 Å². The quantitative estimate of drug-likeness (QED) is 0.498. The first-order chi connectivity index (χ1) is 11.6. The molecule has 0 bridgehead atoms. The summed E-state index contributed by atoms with van der Waals surface area (Å²) in [5.41, 5.74) is 7.71. The van der Waals surface area contributed by atoms with E-state index in [2.05, 4.69) is 20.8 Å². The number of H-pyrrole nitrogens is 1. The van der Waals surface area contributed by atoms with Gasteiger partial charge in [-0.3, -0.25) is 4.79 Å². The molecule has 3 N–H and O–H groups in total. The highest BCUT2D eigenvalue weighted by atomic mass is 16.2. The van der Waals surface area contributed by atoms with Crippen LogP contribution in [0.3, 0.4) is 0 Å². The van der Waals surface area contributed by atoms with Gasteiger partial charge >= 0.3 is 0 Å². The average molecular weight is 320 g/mol. The number of benzene rings is 2. The van der Waals surface area contributed by atoms with Crippen molar-refractivity contribution in [3.05, 3.63) is 65.4 Å². The fourth-order valence-corrected chi connectivity index (χ4v) is 2.53. The highest BCUT2D eigenvalue weighted by Crippen LogP contribution is 2.19. The molecule has 0 fully saturated rings. The van der Waals surface area contributed by atoms with E-state index in [-0.39, 0.29) is 12.5 Å². The number of nitrogens with zero attached hydrogens (tertiary/aromatic N) is 1. The molecule has 24 heavy (non-hydrogen) atoms. The van der Waals surface area contributed by atoms with Crippen molar-refractivity contribution in [2.24, 2.45) is 5.10 Å². The summed E-state index contributed by atoms with van der Waals surface area (Å²) in [5.74, 6) is -0.190. The largest absolute Gasteiger partial charge is 0.376 e. The summed E-state index contributed by atoms with van der Waals surface area (Å²) in [6, 6.07) is 15.9. The Balaban J connectivity index is 1.58. The summed E-state index contributed by atoms with van der Waals surface area (Å²) in [6.07, 6.45) is 1.68. The summed E-state index contributed by atoms with van der Waals surface area (Å²) in [7, 11) is 0. The predicted molar refractivity (Wildman–Crippen MR) is 98.4 cm³/mol. The number of aromatic amines is 1. The Morgan fingerprint density at radius 1 is 1.12 bits per heavy atom. The number of rotatable bonds is 5. The second-order valence-electron chi connectivity index (χ2n) is 5.72. The van der Waals surface area contributed by atoms with Crippen LogP contribution in [0.15, 0.2) is 53.6 Å². The lowest BCUT2D eigenvalue weighted by molar-refractivity contribution is -0.119. The Morgan fingerprint density at radius 3 is 2.67 bits per heavy atom. The van der Waals surface area contributed by atoms with Gasteiger partial charge in [0, 0.05) is 27.8 Å². The molecule has 0 spiro atoms. The average Bonchev–Trinajstić information content (AvgIpc) is 2.90. The van der Waals surface area contributed by atoms with Gasteiger partial charge in [0.15, 0.2) is 0 Å². The van der Waals surface area contributed by atoms with Crippen LogP contribution < -0.4 is 10.7 Å². The summed E-state index contributed by atoms with van der Waals surface area (Å²) in [5, 5.41) is 8.22. The van der Waals surface area contributed by atoms with Crippen molar-refractivity contribution >= 4 is 28.7 Å². The van der Waals surface area contributed by atoms with Crippen molar-refractivity contribution in [3.63, 3.8) is 0 Å². The lowest BCUT2D eigenvalue weighted by Crippen LogP contribution is -2.25. The minimum atomic E-state index is -0.190. The highest BCUT2D eigenvalue weighted by molar-refractivity contribution is 6.00. The summed E-state index contributed by atoms with van der Waals surface area (Å²) in [4.78, 5) is 15.2. The third-order valence-electron chi connectivity index (χ3n) is 3.83. The molecule has 0 aliphatic rings. The molecule has 0 radical (unpaired) electrons. The zero-order valence-electron chi connectivity index (χ0n) is 13.8. The van der Waals surface area contributed by atoms with Gasteiger partial charge in [0.2, 0.25) is 0 Å². The van der Waals surface area contributed by atoms with Crippen LogP contribution in [0.4, 0.5) is 5.69 Å². The Morgan fingerprint density at radius 2 is 1.88 bits per heavy atom. The van der Waals surface area contributed by atoms with E-state index < -0.39 is 0 Å². The number of carbonyl (C=O) groups is 1. The number of hydrogen-bond acceptors (Lipinski definition) is 3. The van der Waals surface area contributed by atoms with Crippen molar-refractivity contribution in [2.45, 2.75) is 13.8 Å². The molecule has 1 amide bonds. The van der Waals surface area contributed by atoms with E-state index in [1.165, 1.54) is 5.56 Å². The van der Waals surface area contributed by atoms with Gasteiger partial charge in [0.25, 0.3) is 5.91 Å². The molecule has 1 heterocycles. The highest BCUT2D eigenvalue weighted by Gasteiger charge is 2.05. The second-order valence-corrected chi connectivity index (χ2v) is 5.72. The lowest BCUT2D eigenvalue weighted by atomic mass is 10.1. The van der Waals surface area contributed by atoms with Gasteiger partial charge in [-0.15, -0.1) is 0 Å². The van der Waals surface area contributed by atoms with Crippen molar-refractivity contribution in [2.75, 3.05) is 11.9 Å². The van der Waals surface area contributed by atoms with Gasteiger partial charge in [-0.2, -0.15) is 5.10 Å². The van der Waals surface area contributed by atoms with E-state index >= 15 is 0 Å². The molecule has 5 heteroatoms. The molecule has 3 rings (SSSR count). The van der Waals surface area contributed by atoms with Crippen molar-refractivity contribution < 1.29 is 4.79 Å². The molecule has 1 aromatic heterocycles. The van der Waals surface area contributed by atoms with Gasteiger partial charge in [0.1, 0.15) is 0 Å². The molecular weight excluding hydrogens is 300 g/mol. The monoisotopic (exact) mass is 320 g/mol. The number of hydrazone groups is 1. The Kier molecular flexibility index (Phi) is 4.61. The molecule has 3 aromatic rings. The van der Waals surface area contributed by atoms with Gasteiger partial charge < -0.3 is 10.3 Å². The van der Waals surface area contributed by atoms with E-state index in [9.17, 15) is 4.79 Å². The molecule has 0 aliphatic carbocycles. The summed E-state index contributed by atoms with van der Waals surface area (Å²) < 4.78 is 0. The Hall–Kier alpha value is -3.08. The maximum absolute atomic E-state index is 11.9. The molecule has 0 atom stereocenters. The van der Waals surface area contributed by atoms with Gasteiger partial charge in [0.05, 0.1) is 12.8 Å². The number of carbonyl (C=O) groups excluding carboxylic acids is 1. The molecule has 0 unspecified atom stereocenters. The van der Waals surface area contributed by atoms with E-state index in [0.717, 1.165) is 27.8 Å². The molecule has 5 nitrogen and oxygen atoms in total. The van der Waals surface area contributed by atoms with Crippen LogP contribution in [-0.2, 0) is 4.79 Å². The third kappa shape index (κ3) is 3.63. The van der Waals surface area contributed by atoms with E-state index in [1.807, 2.05) is 62.4 Å². The van der Waals surface area contributed by atoms with Gasteiger partial charge in [-0.1, -0.05) is 35.9 Å². The van der Waals surface area contributed by atoms with Crippen LogP contribution in [0, 0.1) is 13.8 Å². The number of fused-ring (bicyclic) bond motifs is 1. The molecule has 2 aromatic carbocycles. The standard InChI is InChI=1S/C19H20N4O/c1-13-7-9-15(10-8-13)20-12-19(24)23-21-11-17-14(2)22-18-6-4-3-5-16(17)18/h3-11,20,22H,12H2,1-2H3,(H,23,24)/b21-11-. The Bertz CT molecular complexity index is 878. The van der Waals surface area contributed by atoms with E-state index in [4.69, 9.17) is 0 Å². The number of nitrogens with one attached hydrogen (secondary N) is 3. The summed E-state index contributed by atoms with van der Waals surface area (Å²) in [6.45, 7) is 4.19. The maximum Gasteiger partial charge on any atom is 0.259 e. The van der Waals surface area contributed by atoms with Crippen molar-refractivity contribution in [1.29, 1.82) is 0 Å². The van der Waals surface area contributed by atoms with Gasteiger partial charge in [-0.25, -0.2) is 5.43 Å². The first kappa shape index (κ1) is 15.8. The third-order valence-corrected chi connectivity index (χ3v) is 3.83. The summed E-state index contributed by atoms with van der Waals surface area (Å²) >= 11 is 0. The predicted octanol–water partition coefficient (Wildman–Crippen LogP) is 3.35. The zero-order valence-corrected chi connectivity index (χ0v) is 13.8. The van der Waals surface area contributed by atoms with Crippen molar-refractivity contribution in [3.8, 4) is 0 Å². The number of hydrogen-bond donors (Lipinski definition) is 3. The number of aryl methyl sites for hydroxylation is 2. The van der Waals surface area contributed by atoms with Crippen molar-refractivity contribution in [1.82, 2.24) is 10.4 Å². The number of aromatic nitrogens is 1. The first-order valence-corrected chi connectivity index (χ1v) is 7.83. The minimum absolute atomic E-state index is 0.174. The van der Waals surface area contributed by atoms with Crippen LogP contribution in [-0.4, -0.2) is 23.7 Å². The first-order valence-electron chi connectivity index (χ1n) is 7.83. The normalized spacial score (nSPS) is 11.1.